The highest BCUT2D eigenvalue weighted by molar-refractivity contribution is 7.92. The quantitative estimate of drug-likeness (QED) is 0.914. The molecule has 1 N–H and O–H groups in total. The van der Waals surface area contributed by atoms with Crippen LogP contribution in [0.4, 0.5) is 11.4 Å². The summed E-state index contributed by atoms with van der Waals surface area (Å²) >= 11 is 0. The van der Waals surface area contributed by atoms with Crippen LogP contribution in [-0.2, 0) is 10.0 Å². The molecule has 0 spiro atoms. The van der Waals surface area contributed by atoms with Crippen LogP contribution >= 0.6 is 0 Å². The van der Waals surface area contributed by atoms with Crippen molar-refractivity contribution in [2.45, 2.75) is 0 Å². The number of nitrogens with zero attached hydrogens (tertiary/aromatic N) is 1. The second kappa shape index (κ2) is 6.04. The molecule has 1 aliphatic rings. The number of sulfonamides is 1. The Labute approximate surface area is 139 Å². The highest BCUT2D eigenvalue weighted by atomic mass is 32.2. The number of hydrogen-bond acceptors (Lipinski definition) is 5. The monoisotopic (exact) mass is 348 g/mol. The average Bonchev–Trinajstić information content (AvgIpc) is 3.00. The molecule has 0 aliphatic carbocycles. The number of carbonyl (C=O) groups is 1. The number of carbonyl (C=O) groups excluding carboxylic acids is 1. The molecule has 0 aromatic heterocycles. The Balaban J connectivity index is 1.78. The maximum absolute atomic E-state index is 12.6. The van der Waals surface area contributed by atoms with Gasteiger partial charge < -0.3 is 14.4 Å². The van der Waals surface area contributed by atoms with Crippen LogP contribution in [0.2, 0.25) is 0 Å². The van der Waals surface area contributed by atoms with Crippen molar-refractivity contribution in [3.63, 3.8) is 0 Å². The van der Waals surface area contributed by atoms with Gasteiger partial charge in [-0.05, 0) is 42.5 Å². The van der Waals surface area contributed by atoms with Crippen molar-refractivity contribution < 1.29 is 22.7 Å². The molecule has 0 unspecified atom stereocenters. The van der Waals surface area contributed by atoms with Crippen molar-refractivity contribution in [1.29, 1.82) is 0 Å². The van der Waals surface area contributed by atoms with Crippen LogP contribution in [0.15, 0.2) is 42.5 Å². The summed E-state index contributed by atoms with van der Waals surface area (Å²) in [5.74, 6) is 0.949. The van der Waals surface area contributed by atoms with Gasteiger partial charge >= 0.3 is 0 Å². The summed E-state index contributed by atoms with van der Waals surface area (Å²) in [6.07, 6.45) is 1.08. The zero-order valence-electron chi connectivity index (χ0n) is 13.1. The minimum Gasteiger partial charge on any atom is -0.454 e. The highest BCUT2D eigenvalue weighted by Crippen LogP contribution is 2.33. The van der Waals surface area contributed by atoms with Gasteiger partial charge in [-0.1, -0.05) is 0 Å². The van der Waals surface area contributed by atoms with E-state index in [1.807, 2.05) is 0 Å². The lowest BCUT2D eigenvalue weighted by Gasteiger charge is -2.18. The van der Waals surface area contributed by atoms with Crippen LogP contribution in [0.1, 0.15) is 10.4 Å². The van der Waals surface area contributed by atoms with Crippen molar-refractivity contribution >= 4 is 27.3 Å². The van der Waals surface area contributed by atoms with E-state index in [9.17, 15) is 13.2 Å². The van der Waals surface area contributed by atoms with Gasteiger partial charge in [-0.2, -0.15) is 0 Å². The maximum Gasteiger partial charge on any atom is 0.258 e. The molecule has 7 nitrogen and oxygen atoms in total. The Kier molecular flexibility index (Phi) is 4.06. The van der Waals surface area contributed by atoms with Gasteiger partial charge in [0.25, 0.3) is 5.91 Å². The molecule has 24 heavy (non-hydrogen) atoms. The lowest BCUT2D eigenvalue weighted by molar-refractivity contribution is 0.0992. The Morgan fingerprint density at radius 3 is 2.42 bits per heavy atom. The van der Waals surface area contributed by atoms with Gasteiger partial charge in [0.2, 0.25) is 16.8 Å². The van der Waals surface area contributed by atoms with E-state index in [0.717, 1.165) is 6.26 Å². The van der Waals surface area contributed by atoms with Crippen molar-refractivity contribution in [1.82, 2.24) is 0 Å². The zero-order valence-corrected chi connectivity index (χ0v) is 14.0. The van der Waals surface area contributed by atoms with E-state index in [-0.39, 0.29) is 12.7 Å². The lowest BCUT2D eigenvalue weighted by atomic mass is 10.1. The molecule has 1 aliphatic heterocycles. The number of rotatable bonds is 4. The first-order valence-electron chi connectivity index (χ1n) is 7.09. The summed E-state index contributed by atoms with van der Waals surface area (Å²) in [4.78, 5) is 14.1. The molecule has 0 radical (unpaired) electrons. The summed E-state index contributed by atoms with van der Waals surface area (Å²) < 4.78 is 35.3. The summed E-state index contributed by atoms with van der Waals surface area (Å²) in [7, 11) is -1.69. The first-order chi connectivity index (χ1) is 11.3. The third-order valence-corrected chi connectivity index (χ3v) is 4.09. The summed E-state index contributed by atoms with van der Waals surface area (Å²) in [5.41, 5.74) is 1.54. The van der Waals surface area contributed by atoms with Crippen molar-refractivity contribution in [3.05, 3.63) is 48.0 Å². The Hall–Kier alpha value is -2.74. The van der Waals surface area contributed by atoms with Gasteiger partial charge in [-0.25, -0.2) is 8.42 Å². The summed E-state index contributed by atoms with van der Waals surface area (Å²) in [5, 5.41) is 0. The first kappa shape index (κ1) is 16.1. The minimum absolute atomic E-state index is 0.150. The van der Waals surface area contributed by atoms with E-state index in [1.165, 1.54) is 4.90 Å². The summed E-state index contributed by atoms with van der Waals surface area (Å²) in [6.45, 7) is 0.150. The fourth-order valence-electron chi connectivity index (χ4n) is 2.31. The third-order valence-electron chi connectivity index (χ3n) is 3.48. The molecule has 0 atom stereocenters. The first-order valence-corrected chi connectivity index (χ1v) is 8.98. The average molecular weight is 348 g/mol. The van der Waals surface area contributed by atoms with Crippen LogP contribution in [0.3, 0.4) is 0 Å². The predicted molar refractivity (Wildman–Crippen MR) is 90.2 cm³/mol. The SMILES string of the molecule is CN(C(=O)c1ccc2c(c1)OCO2)c1ccc(NS(C)(=O)=O)cc1. The Morgan fingerprint density at radius 1 is 1.08 bits per heavy atom. The molecule has 0 saturated heterocycles. The van der Waals surface area contributed by atoms with Gasteiger partial charge in [0.15, 0.2) is 11.5 Å². The molecular weight excluding hydrogens is 332 g/mol. The maximum atomic E-state index is 12.6. The van der Waals surface area contributed by atoms with Gasteiger partial charge in [0.1, 0.15) is 0 Å². The molecule has 0 bridgehead atoms. The Morgan fingerprint density at radius 2 is 1.75 bits per heavy atom. The van der Waals surface area contributed by atoms with Gasteiger partial charge in [0.05, 0.1) is 6.26 Å². The van der Waals surface area contributed by atoms with Crippen molar-refractivity contribution in [3.8, 4) is 11.5 Å². The Bertz CT molecular complexity index is 878. The van der Waals surface area contributed by atoms with E-state index in [1.54, 1.807) is 49.5 Å². The van der Waals surface area contributed by atoms with E-state index in [0.29, 0.717) is 28.4 Å². The van der Waals surface area contributed by atoms with Gasteiger partial charge in [-0.3, -0.25) is 9.52 Å². The predicted octanol–water partition coefficient (Wildman–Crippen LogP) is 2.06. The van der Waals surface area contributed by atoms with Crippen molar-refractivity contribution in [2.24, 2.45) is 0 Å². The molecular formula is C16H16N2O5S. The number of hydrogen-bond donors (Lipinski definition) is 1. The highest BCUT2D eigenvalue weighted by Gasteiger charge is 2.19. The molecule has 1 heterocycles. The van der Waals surface area contributed by atoms with Gasteiger partial charge in [-0.15, -0.1) is 0 Å². The minimum atomic E-state index is -3.33. The van der Waals surface area contributed by atoms with Gasteiger partial charge in [0, 0.05) is 24.0 Å². The van der Waals surface area contributed by atoms with Crippen LogP contribution in [0.5, 0.6) is 11.5 Å². The van der Waals surface area contributed by atoms with E-state index < -0.39 is 10.0 Å². The number of fused-ring (bicyclic) bond motifs is 1. The third kappa shape index (κ3) is 3.43. The second-order valence-electron chi connectivity index (χ2n) is 5.35. The van der Waals surface area contributed by atoms with E-state index in [2.05, 4.69) is 4.72 Å². The zero-order chi connectivity index (χ0) is 17.3. The number of anilines is 2. The lowest BCUT2D eigenvalue weighted by Crippen LogP contribution is -2.26. The van der Waals surface area contributed by atoms with Crippen molar-refractivity contribution in [2.75, 3.05) is 29.7 Å². The van der Waals surface area contributed by atoms with E-state index in [4.69, 9.17) is 9.47 Å². The van der Waals surface area contributed by atoms with Crippen LogP contribution < -0.4 is 19.1 Å². The second-order valence-corrected chi connectivity index (χ2v) is 7.10. The number of ether oxygens (including phenoxy) is 2. The van der Waals surface area contributed by atoms with Crippen LogP contribution in [0, 0.1) is 0 Å². The molecule has 2 aromatic rings. The fraction of sp³-hybridized carbons (Fsp3) is 0.188. The number of amides is 1. The molecule has 1 amide bonds. The normalized spacial score (nSPS) is 12.8. The molecule has 8 heteroatoms. The van der Waals surface area contributed by atoms with E-state index >= 15 is 0 Å². The fourth-order valence-corrected chi connectivity index (χ4v) is 2.87. The van der Waals surface area contributed by atoms with Crippen LogP contribution in [0.25, 0.3) is 0 Å². The summed E-state index contributed by atoms with van der Waals surface area (Å²) in [6, 6.07) is 11.5. The topological polar surface area (TPSA) is 84.9 Å². The number of nitrogens with one attached hydrogen (secondary N) is 1. The molecule has 126 valence electrons. The largest absolute Gasteiger partial charge is 0.454 e. The smallest absolute Gasteiger partial charge is 0.258 e. The molecule has 3 rings (SSSR count). The molecule has 2 aromatic carbocycles. The molecule has 0 saturated carbocycles. The van der Waals surface area contributed by atoms with Crippen LogP contribution in [-0.4, -0.2) is 34.4 Å². The number of benzene rings is 2. The molecule has 0 fully saturated rings. The standard InChI is InChI=1S/C16H16N2O5S/c1-18(13-6-4-12(5-7-13)17-24(2,20)21)16(19)11-3-8-14-15(9-11)23-10-22-14/h3-9,17H,10H2,1-2H3.